The van der Waals surface area contributed by atoms with E-state index in [1.165, 1.54) is 18.7 Å². The highest BCUT2D eigenvalue weighted by Crippen LogP contribution is 2.08. The Hall–Kier alpha value is -1.23. The van der Waals surface area contributed by atoms with Crippen molar-refractivity contribution in [2.75, 3.05) is 5.75 Å². The molecule has 0 aliphatic heterocycles. The fourth-order valence-corrected chi connectivity index (χ4v) is 1.61. The van der Waals surface area contributed by atoms with Gasteiger partial charge in [-0.1, -0.05) is 23.9 Å². The van der Waals surface area contributed by atoms with Crippen LogP contribution in [0.15, 0.2) is 18.2 Å². The summed E-state index contributed by atoms with van der Waals surface area (Å²) in [5.41, 5.74) is 0.429. The molecule has 1 rings (SSSR count). The van der Waals surface area contributed by atoms with Crippen molar-refractivity contribution in [3.8, 4) is 0 Å². The second kappa shape index (κ2) is 6.37. The molecule has 0 N–H and O–H groups in total. The number of rotatable bonds is 4. The topological polar surface area (TPSA) is 30.0 Å². The Balaban J connectivity index is 2.46. The van der Waals surface area contributed by atoms with Crippen molar-refractivity contribution >= 4 is 23.0 Å². The van der Waals surface area contributed by atoms with Gasteiger partial charge in [0.15, 0.2) is 5.12 Å². The summed E-state index contributed by atoms with van der Waals surface area (Å²) in [5.74, 6) is -1.00. The van der Waals surface area contributed by atoms with E-state index in [-0.39, 0.29) is 5.12 Å². The molecule has 0 bridgehead atoms. The van der Waals surface area contributed by atoms with E-state index < -0.39 is 11.9 Å². The molecule has 0 saturated carbocycles. The highest BCUT2D eigenvalue weighted by Gasteiger charge is 1.98. The lowest BCUT2D eigenvalue weighted by Gasteiger charge is -1.95. The van der Waals surface area contributed by atoms with Crippen LogP contribution < -0.4 is 0 Å². The minimum Gasteiger partial charge on any atom is -0.288 e. The Morgan fingerprint density at radius 1 is 1.44 bits per heavy atom. The Kier molecular flexibility index (Phi) is 5.11. The maximum atomic E-state index is 12.7. The Morgan fingerprint density at radius 2 is 2.06 bits per heavy atom. The normalized spacial score (nSPS) is 10.9. The summed E-state index contributed by atoms with van der Waals surface area (Å²) in [6, 6.07) is 2.30. The summed E-state index contributed by atoms with van der Waals surface area (Å²) >= 11 is 1.22. The van der Waals surface area contributed by atoms with Crippen molar-refractivity contribution in [3.05, 3.63) is 35.7 Å². The molecular formula is C11H11F2NOS. The van der Waals surface area contributed by atoms with Crippen LogP contribution in [-0.4, -0.2) is 15.9 Å². The molecule has 0 spiro atoms. The molecule has 5 heteroatoms. The van der Waals surface area contributed by atoms with E-state index in [1.54, 1.807) is 12.2 Å². The molecule has 0 aromatic carbocycles. The third-order valence-corrected chi connectivity index (χ3v) is 2.53. The number of halogens is 2. The lowest BCUT2D eigenvalue weighted by molar-refractivity contribution is -0.109. The summed E-state index contributed by atoms with van der Waals surface area (Å²) in [5, 5.41) is 0.0643. The van der Waals surface area contributed by atoms with Gasteiger partial charge in [0.1, 0.15) is 0 Å². The molecule has 0 aliphatic rings. The van der Waals surface area contributed by atoms with Gasteiger partial charge in [-0.05, 0) is 12.0 Å². The van der Waals surface area contributed by atoms with E-state index in [0.717, 1.165) is 12.1 Å². The van der Waals surface area contributed by atoms with Crippen LogP contribution in [0.2, 0.25) is 0 Å². The molecule has 2 nitrogen and oxygen atoms in total. The van der Waals surface area contributed by atoms with E-state index in [9.17, 15) is 13.6 Å². The van der Waals surface area contributed by atoms with Gasteiger partial charge in [-0.3, -0.25) is 4.79 Å². The van der Waals surface area contributed by atoms with Crippen molar-refractivity contribution in [1.29, 1.82) is 0 Å². The average molecular weight is 243 g/mol. The van der Waals surface area contributed by atoms with Gasteiger partial charge in [0.05, 0.1) is 0 Å². The van der Waals surface area contributed by atoms with Crippen LogP contribution in [0, 0.1) is 11.9 Å². The van der Waals surface area contributed by atoms with Gasteiger partial charge in [-0.25, -0.2) is 0 Å². The predicted octanol–water partition coefficient (Wildman–Crippen LogP) is 3.04. The molecule has 16 heavy (non-hydrogen) atoms. The first-order chi connectivity index (χ1) is 7.58. The van der Waals surface area contributed by atoms with Crippen LogP contribution in [0.4, 0.5) is 8.78 Å². The van der Waals surface area contributed by atoms with Gasteiger partial charge >= 0.3 is 0 Å². The van der Waals surface area contributed by atoms with E-state index in [2.05, 4.69) is 4.98 Å². The number of hydrogen-bond acceptors (Lipinski definition) is 3. The molecule has 0 unspecified atom stereocenters. The monoisotopic (exact) mass is 243 g/mol. The van der Waals surface area contributed by atoms with Gasteiger partial charge in [0.2, 0.25) is 11.9 Å². The van der Waals surface area contributed by atoms with Crippen molar-refractivity contribution in [1.82, 2.24) is 4.98 Å². The molecule has 0 fully saturated rings. The smallest absolute Gasteiger partial charge is 0.216 e. The quantitative estimate of drug-likeness (QED) is 0.601. The SMILES string of the molecule is CC(=O)SCCC=Cc1cc(F)nc(F)c1. The minimum atomic E-state index is -0.835. The minimum absolute atomic E-state index is 0.0643. The first kappa shape index (κ1) is 12.8. The molecule has 0 radical (unpaired) electrons. The number of allylic oxidation sites excluding steroid dienone is 1. The number of hydrogen-bond donors (Lipinski definition) is 0. The third kappa shape index (κ3) is 5.02. The summed E-state index contributed by atoms with van der Waals surface area (Å²) < 4.78 is 25.4. The van der Waals surface area contributed by atoms with Crippen LogP contribution in [0.5, 0.6) is 0 Å². The largest absolute Gasteiger partial charge is 0.288 e. The average Bonchev–Trinajstić information content (AvgIpc) is 2.15. The van der Waals surface area contributed by atoms with E-state index in [4.69, 9.17) is 0 Å². The van der Waals surface area contributed by atoms with E-state index >= 15 is 0 Å². The first-order valence-corrected chi connectivity index (χ1v) is 5.69. The van der Waals surface area contributed by atoms with Crippen LogP contribution in [0.3, 0.4) is 0 Å². The Morgan fingerprint density at radius 3 is 2.62 bits per heavy atom. The van der Waals surface area contributed by atoms with Crippen LogP contribution in [0.1, 0.15) is 18.9 Å². The van der Waals surface area contributed by atoms with Gasteiger partial charge in [-0.2, -0.15) is 13.8 Å². The number of thioether (sulfide) groups is 1. The molecule has 1 heterocycles. The first-order valence-electron chi connectivity index (χ1n) is 4.71. The third-order valence-electron chi connectivity index (χ3n) is 1.69. The Bertz CT molecular complexity index is 387. The van der Waals surface area contributed by atoms with Crippen LogP contribution in [-0.2, 0) is 4.79 Å². The summed E-state index contributed by atoms with van der Waals surface area (Å²) in [6.07, 6.45) is 4.05. The zero-order chi connectivity index (χ0) is 12.0. The maximum absolute atomic E-state index is 12.7. The number of aromatic nitrogens is 1. The standard InChI is InChI=1S/C11H11F2NOS/c1-8(15)16-5-3-2-4-9-6-10(12)14-11(13)7-9/h2,4,6-7H,3,5H2,1H3. The lowest BCUT2D eigenvalue weighted by Crippen LogP contribution is -1.89. The molecule has 0 amide bonds. The maximum Gasteiger partial charge on any atom is 0.216 e. The molecule has 1 aromatic rings. The highest BCUT2D eigenvalue weighted by molar-refractivity contribution is 8.13. The number of carbonyl (C=O) groups is 1. The fraction of sp³-hybridized carbons (Fsp3) is 0.273. The van der Waals surface area contributed by atoms with Gasteiger partial charge in [0.25, 0.3) is 0 Å². The predicted molar refractivity (Wildman–Crippen MR) is 60.9 cm³/mol. The number of carbonyl (C=O) groups excluding carboxylic acids is 1. The summed E-state index contributed by atoms with van der Waals surface area (Å²) in [4.78, 5) is 13.6. The molecule has 1 aromatic heterocycles. The zero-order valence-electron chi connectivity index (χ0n) is 8.74. The second-order valence-electron chi connectivity index (χ2n) is 3.08. The van der Waals surface area contributed by atoms with Crippen LogP contribution in [0.25, 0.3) is 6.08 Å². The Labute approximate surface area is 96.8 Å². The lowest BCUT2D eigenvalue weighted by atomic mass is 10.2. The van der Waals surface area contributed by atoms with Crippen molar-refractivity contribution in [2.45, 2.75) is 13.3 Å². The molecule has 0 saturated heterocycles. The van der Waals surface area contributed by atoms with E-state index in [1.807, 2.05) is 0 Å². The van der Waals surface area contributed by atoms with Gasteiger partial charge in [-0.15, -0.1) is 0 Å². The van der Waals surface area contributed by atoms with Crippen molar-refractivity contribution in [2.24, 2.45) is 0 Å². The zero-order valence-corrected chi connectivity index (χ0v) is 9.56. The van der Waals surface area contributed by atoms with Crippen molar-refractivity contribution in [3.63, 3.8) is 0 Å². The van der Waals surface area contributed by atoms with Gasteiger partial charge in [0, 0.05) is 24.8 Å². The molecule has 86 valence electrons. The highest BCUT2D eigenvalue weighted by atomic mass is 32.2. The number of pyridine rings is 1. The van der Waals surface area contributed by atoms with Crippen LogP contribution >= 0.6 is 11.8 Å². The van der Waals surface area contributed by atoms with Crippen molar-refractivity contribution < 1.29 is 13.6 Å². The molecular weight excluding hydrogens is 232 g/mol. The molecule has 0 aliphatic carbocycles. The van der Waals surface area contributed by atoms with E-state index in [0.29, 0.717) is 17.7 Å². The second-order valence-corrected chi connectivity index (χ2v) is 4.35. The fourth-order valence-electron chi connectivity index (χ4n) is 1.07. The number of nitrogens with zero attached hydrogens (tertiary/aromatic N) is 1. The summed E-state index contributed by atoms with van der Waals surface area (Å²) in [6.45, 7) is 1.50. The molecule has 0 atom stereocenters. The summed E-state index contributed by atoms with van der Waals surface area (Å²) in [7, 11) is 0. The van der Waals surface area contributed by atoms with Gasteiger partial charge < -0.3 is 0 Å².